The van der Waals surface area contributed by atoms with Crippen LogP contribution in [0.5, 0.6) is 0 Å². The van der Waals surface area contributed by atoms with E-state index >= 15 is 0 Å². The van der Waals surface area contributed by atoms with E-state index < -0.39 is 6.10 Å². The van der Waals surface area contributed by atoms with Crippen molar-refractivity contribution in [1.29, 1.82) is 0 Å². The number of aromatic nitrogens is 4. The van der Waals surface area contributed by atoms with E-state index in [1.165, 1.54) is 0 Å². The number of carbonyl (C=O) groups is 1. The summed E-state index contributed by atoms with van der Waals surface area (Å²) in [4.78, 5) is 17.4. The van der Waals surface area contributed by atoms with E-state index in [4.69, 9.17) is 4.52 Å². The first-order chi connectivity index (χ1) is 13.9. The molecule has 0 bridgehead atoms. The summed E-state index contributed by atoms with van der Waals surface area (Å²) >= 11 is 0. The first-order valence-corrected chi connectivity index (χ1v) is 9.85. The van der Waals surface area contributed by atoms with Gasteiger partial charge in [0, 0.05) is 5.92 Å². The predicted molar refractivity (Wildman–Crippen MR) is 106 cm³/mol. The Morgan fingerprint density at radius 2 is 1.97 bits per heavy atom. The number of nitrogens with one attached hydrogen (secondary N) is 1. The lowest BCUT2D eigenvalue weighted by atomic mass is 9.83. The number of hydrogen-bond acceptors (Lipinski definition) is 6. The molecule has 2 aromatic heterocycles. The molecule has 2 N–H and O–H groups in total. The maximum Gasteiger partial charge on any atom is 0.257 e. The SMILES string of the molecule is Cc1nc([C@H]2CC[C@@H](O)[C@H](NC(=O)c3c(C)noc3C)C2)n(-c2ccccc2)n1. The molecule has 0 aliphatic heterocycles. The van der Waals surface area contributed by atoms with E-state index in [0.29, 0.717) is 35.7 Å². The van der Waals surface area contributed by atoms with Gasteiger partial charge in [0.2, 0.25) is 0 Å². The van der Waals surface area contributed by atoms with Crippen LogP contribution in [0.1, 0.15) is 58.6 Å². The molecule has 1 aliphatic rings. The minimum Gasteiger partial charge on any atom is -0.391 e. The second-order valence-electron chi connectivity index (χ2n) is 7.62. The Morgan fingerprint density at radius 3 is 2.66 bits per heavy atom. The summed E-state index contributed by atoms with van der Waals surface area (Å²) < 4.78 is 6.96. The van der Waals surface area contributed by atoms with Crippen molar-refractivity contribution >= 4 is 5.91 Å². The fourth-order valence-corrected chi connectivity index (χ4v) is 4.05. The number of para-hydroxylation sites is 1. The Kier molecular flexibility index (Phi) is 5.19. The van der Waals surface area contributed by atoms with Crippen molar-refractivity contribution in [3.8, 4) is 5.69 Å². The molecule has 2 heterocycles. The van der Waals surface area contributed by atoms with Gasteiger partial charge in [-0.1, -0.05) is 23.4 Å². The van der Waals surface area contributed by atoms with Crippen molar-refractivity contribution < 1.29 is 14.4 Å². The molecule has 0 unspecified atom stereocenters. The molecular weight excluding hydrogens is 370 g/mol. The van der Waals surface area contributed by atoms with E-state index in [0.717, 1.165) is 17.9 Å². The molecule has 1 fully saturated rings. The average molecular weight is 395 g/mol. The minimum atomic E-state index is -0.607. The van der Waals surface area contributed by atoms with Crippen LogP contribution < -0.4 is 5.32 Å². The van der Waals surface area contributed by atoms with E-state index in [9.17, 15) is 9.90 Å². The number of amides is 1. The van der Waals surface area contributed by atoms with Gasteiger partial charge in [0.1, 0.15) is 23.0 Å². The second kappa shape index (κ2) is 7.79. The lowest BCUT2D eigenvalue weighted by Crippen LogP contribution is -2.47. The third kappa shape index (κ3) is 3.80. The van der Waals surface area contributed by atoms with Gasteiger partial charge in [-0.2, -0.15) is 5.10 Å². The largest absolute Gasteiger partial charge is 0.391 e. The number of rotatable bonds is 4. The van der Waals surface area contributed by atoms with Crippen molar-refractivity contribution in [3.05, 3.63) is 59.0 Å². The molecule has 3 atom stereocenters. The Hall–Kier alpha value is -3.00. The van der Waals surface area contributed by atoms with Crippen LogP contribution in [0.25, 0.3) is 5.69 Å². The molecule has 8 heteroatoms. The molecule has 1 saturated carbocycles. The summed E-state index contributed by atoms with van der Waals surface area (Å²) in [5.74, 6) is 1.84. The van der Waals surface area contributed by atoms with Crippen LogP contribution in [0.2, 0.25) is 0 Å². The van der Waals surface area contributed by atoms with Gasteiger partial charge in [-0.15, -0.1) is 0 Å². The van der Waals surface area contributed by atoms with E-state index in [-0.39, 0.29) is 17.9 Å². The van der Waals surface area contributed by atoms with Gasteiger partial charge in [-0.3, -0.25) is 4.79 Å². The first-order valence-electron chi connectivity index (χ1n) is 9.85. The monoisotopic (exact) mass is 395 g/mol. The van der Waals surface area contributed by atoms with Crippen molar-refractivity contribution in [2.24, 2.45) is 0 Å². The van der Waals surface area contributed by atoms with Gasteiger partial charge >= 0.3 is 0 Å². The van der Waals surface area contributed by atoms with Crippen LogP contribution in [0.4, 0.5) is 0 Å². The summed E-state index contributed by atoms with van der Waals surface area (Å²) in [6, 6.07) is 9.50. The van der Waals surface area contributed by atoms with Crippen molar-refractivity contribution in [2.45, 2.75) is 58.1 Å². The summed E-state index contributed by atoms with van der Waals surface area (Å²) in [6.45, 7) is 5.31. The summed E-state index contributed by atoms with van der Waals surface area (Å²) in [5.41, 5.74) is 1.93. The third-order valence-electron chi connectivity index (χ3n) is 5.49. The highest BCUT2D eigenvalue weighted by molar-refractivity contribution is 5.96. The lowest BCUT2D eigenvalue weighted by Gasteiger charge is -2.33. The quantitative estimate of drug-likeness (QED) is 0.703. The number of aliphatic hydroxyl groups is 1. The smallest absolute Gasteiger partial charge is 0.257 e. The van der Waals surface area contributed by atoms with E-state index in [2.05, 4.69) is 20.6 Å². The highest BCUT2D eigenvalue weighted by Gasteiger charge is 2.34. The number of aryl methyl sites for hydroxylation is 3. The molecule has 4 rings (SSSR count). The zero-order chi connectivity index (χ0) is 20.5. The standard InChI is InChI=1S/C21H25N5O3/c1-12-19(13(2)29-25-12)21(28)23-17-11-15(9-10-18(17)27)20-22-14(3)24-26(20)16-7-5-4-6-8-16/h4-8,15,17-18,27H,9-11H2,1-3H3,(H,23,28)/t15-,17+,18+/m0/s1. The molecule has 0 saturated heterocycles. The summed E-state index contributed by atoms with van der Waals surface area (Å²) in [6.07, 6.45) is 1.34. The van der Waals surface area contributed by atoms with Gasteiger partial charge in [0.15, 0.2) is 0 Å². The molecule has 0 spiro atoms. The number of carbonyl (C=O) groups excluding carboxylic acids is 1. The Morgan fingerprint density at radius 1 is 1.21 bits per heavy atom. The molecule has 29 heavy (non-hydrogen) atoms. The van der Waals surface area contributed by atoms with Crippen LogP contribution in [0, 0.1) is 20.8 Å². The average Bonchev–Trinajstić information content (AvgIpc) is 3.26. The summed E-state index contributed by atoms with van der Waals surface area (Å²) in [5, 5.41) is 21.9. The van der Waals surface area contributed by atoms with Gasteiger partial charge in [0.05, 0.1) is 23.5 Å². The highest BCUT2D eigenvalue weighted by atomic mass is 16.5. The number of benzene rings is 1. The molecule has 1 aliphatic carbocycles. The normalized spacial score (nSPS) is 21.9. The topological polar surface area (TPSA) is 106 Å². The van der Waals surface area contributed by atoms with Crippen LogP contribution in [-0.2, 0) is 0 Å². The molecule has 0 radical (unpaired) electrons. The van der Waals surface area contributed by atoms with Crippen LogP contribution >= 0.6 is 0 Å². The van der Waals surface area contributed by atoms with Crippen LogP contribution in [0.15, 0.2) is 34.9 Å². The van der Waals surface area contributed by atoms with Gasteiger partial charge in [-0.25, -0.2) is 9.67 Å². The van der Waals surface area contributed by atoms with Gasteiger partial charge in [-0.05, 0) is 52.2 Å². The van der Waals surface area contributed by atoms with Gasteiger partial charge in [0.25, 0.3) is 5.91 Å². The molecular formula is C21H25N5O3. The molecule has 152 valence electrons. The third-order valence-corrected chi connectivity index (χ3v) is 5.49. The van der Waals surface area contributed by atoms with Crippen LogP contribution in [-0.4, -0.2) is 43.1 Å². The van der Waals surface area contributed by atoms with E-state index in [1.54, 1.807) is 13.8 Å². The van der Waals surface area contributed by atoms with E-state index in [1.807, 2.05) is 41.9 Å². The molecule has 8 nitrogen and oxygen atoms in total. The Labute approximate surface area is 168 Å². The zero-order valence-corrected chi connectivity index (χ0v) is 16.8. The summed E-state index contributed by atoms with van der Waals surface area (Å²) in [7, 11) is 0. The fraction of sp³-hybridized carbons (Fsp3) is 0.429. The number of aliphatic hydroxyl groups excluding tert-OH is 1. The fourth-order valence-electron chi connectivity index (χ4n) is 4.05. The van der Waals surface area contributed by atoms with Crippen molar-refractivity contribution in [2.75, 3.05) is 0 Å². The van der Waals surface area contributed by atoms with Crippen molar-refractivity contribution in [1.82, 2.24) is 25.2 Å². The minimum absolute atomic E-state index is 0.0785. The molecule has 3 aromatic rings. The molecule has 1 aromatic carbocycles. The van der Waals surface area contributed by atoms with Crippen molar-refractivity contribution in [3.63, 3.8) is 0 Å². The van der Waals surface area contributed by atoms with Crippen LogP contribution in [0.3, 0.4) is 0 Å². The van der Waals surface area contributed by atoms with Gasteiger partial charge < -0.3 is 14.9 Å². The maximum atomic E-state index is 12.7. The number of hydrogen-bond donors (Lipinski definition) is 2. The Balaban J connectivity index is 1.56. The highest BCUT2D eigenvalue weighted by Crippen LogP contribution is 2.33. The predicted octanol–water partition coefficient (Wildman–Crippen LogP) is 2.61. The lowest BCUT2D eigenvalue weighted by molar-refractivity contribution is 0.0669. The Bertz CT molecular complexity index is 991. The molecule has 1 amide bonds. The second-order valence-corrected chi connectivity index (χ2v) is 7.62. The maximum absolute atomic E-state index is 12.7. The first kappa shape index (κ1) is 19.3. The zero-order valence-electron chi connectivity index (χ0n) is 16.8. The number of nitrogens with zero attached hydrogens (tertiary/aromatic N) is 4.